The van der Waals surface area contributed by atoms with Crippen LogP contribution in [0.15, 0.2) is 24.3 Å². The molecule has 4 nitrogen and oxygen atoms in total. The third-order valence-electron chi connectivity index (χ3n) is 3.43. The zero-order valence-corrected chi connectivity index (χ0v) is 12.1. The molecule has 1 aromatic carbocycles. The standard InChI is InChI=1S/C15H19F3N2O2/c16-15(17,18)10-22-13-6-2-1-4-11(13)9-20-14(21)8-12-5-3-7-19-12/h1-2,4,6,12,19H,3,5,7-10H2,(H,20,21). The molecule has 122 valence electrons. The van der Waals surface area contributed by atoms with Gasteiger partial charge in [-0.3, -0.25) is 4.79 Å². The first-order chi connectivity index (χ1) is 10.4. The molecule has 0 aliphatic carbocycles. The van der Waals surface area contributed by atoms with Crippen molar-refractivity contribution in [3.05, 3.63) is 29.8 Å². The van der Waals surface area contributed by atoms with Crippen LogP contribution < -0.4 is 15.4 Å². The van der Waals surface area contributed by atoms with Gasteiger partial charge in [0, 0.05) is 24.6 Å². The molecule has 1 aliphatic heterocycles. The number of nitrogens with one attached hydrogen (secondary N) is 2. The van der Waals surface area contributed by atoms with Gasteiger partial charge in [-0.15, -0.1) is 0 Å². The van der Waals surface area contributed by atoms with Crippen molar-refractivity contribution in [3.8, 4) is 5.75 Å². The molecule has 1 saturated heterocycles. The lowest BCUT2D eigenvalue weighted by molar-refractivity contribution is -0.153. The molecule has 1 aliphatic rings. The summed E-state index contributed by atoms with van der Waals surface area (Å²) in [5, 5.41) is 5.95. The number of carbonyl (C=O) groups excluding carboxylic acids is 1. The van der Waals surface area contributed by atoms with Crippen LogP contribution in [0.5, 0.6) is 5.75 Å². The number of amides is 1. The van der Waals surface area contributed by atoms with Gasteiger partial charge in [-0.2, -0.15) is 13.2 Å². The topological polar surface area (TPSA) is 50.4 Å². The first-order valence-electron chi connectivity index (χ1n) is 7.21. The van der Waals surface area contributed by atoms with E-state index in [0.717, 1.165) is 19.4 Å². The Hall–Kier alpha value is -1.76. The molecule has 2 N–H and O–H groups in total. The highest BCUT2D eigenvalue weighted by molar-refractivity contribution is 5.76. The third kappa shape index (κ3) is 5.55. The number of ether oxygens (including phenoxy) is 1. The smallest absolute Gasteiger partial charge is 0.422 e. The Balaban J connectivity index is 1.85. The van der Waals surface area contributed by atoms with Gasteiger partial charge >= 0.3 is 6.18 Å². The summed E-state index contributed by atoms with van der Waals surface area (Å²) in [7, 11) is 0. The summed E-state index contributed by atoms with van der Waals surface area (Å²) in [6.45, 7) is -0.268. The molecule has 22 heavy (non-hydrogen) atoms. The zero-order chi connectivity index (χ0) is 16.0. The van der Waals surface area contributed by atoms with Gasteiger partial charge in [-0.1, -0.05) is 18.2 Å². The van der Waals surface area contributed by atoms with Crippen LogP contribution >= 0.6 is 0 Å². The van der Waals surface area contributed by atoms with E-state index in [1.807, 2.05) is 0 Å². The van der Waals surface area contributed by atoms with Gasteiger partial charge in [0.05, 0.1) is 0 Å². The number of hydrogen-bond donors (Lipinski definition) is 2. The van der Waals surface area contributed by atoms with E-state index in [9.17, 15) is 18.0 Å². The van der Waals surface area contributed by atoms with Gasteiger partial charge in [-0.25, -0.2) is 0 Å². The minimum absolute atomic E-state index is 0.120. The predicted octanol–water partition coefficient (Wildman–Crippen LogP) is 2.39. The lowest BCUT2D eigenvalue weighted by Crippen LogP contribution is -2.31. The molecular weight excluding hydrogens is 297 g/mol. The van der Waals surface area contributed by atoms with Crippen LogP contribution in [-0.4, -0.2) is 31.3 Å². The molecule has 1 heterocycles. The summed E-state index contributed by atoms with van der Waals surface area (Å²) in [4.78, 5) is 11.8. The summed E-state index contributed by atoms with van der Waals surface area (Å²) in [6.07, 6.45) is -1.97. The van der Waals surface area contributed by atoms with E-state index in [-0.39, 0.29) is 24.2 Å². The summed E-state index contributed by atoms with van der Waals surface area (Å²) in [5.41, 5.74) is 0.527. The van der Waals surface area contributed by atoms with Crippen molar-refractivity contribution in [1.29, 1.82) is 0 Å². The van der Waals surface area contributed by atoms with Crippen LogP contribution in [-0.2, 0) is 11.3 Å². The highest BCUT2D eigenvalue weighted by atomic mass is 19.4. The maximum absolute atomic E-state index is 12.2. The molecule has 1 fully saturated rings. The van der Waals surface area contributed by atoms with Crippen molar-refractivity contribution >= 4 is 5.91 Å². The van der Waals surface area contributed by atoms with Crippen molar-refractivity contribution in [2.75, 3.05) is 13.2 Å². The second-order valence-electron chi connectivity index (χ2n) is 5.29. The maximum Gasteiger partial charge on any atom is 0.422 e. The van der Waals surface area contributed by atoms with Gasteiger partial charge < -0.3 is 15.4 Å². The van der Waals surface area contributed by atoms with Crippen LogP contribution in [0.3, 0.4) is 0 Å². The number of alkyl halides is 3. The van der Waals surface area contributed by atoms with Gasteiger partial charge in [0.15, 0.2) is 6.61 Å². The summed E-state index contributed by atoms with van der Waals surface area (Å²) in [5.74, 6) is 0.0177. The average Bonchev–Trinajstić information content (AvgIpc) is 2.96. The second-order valence-corrected chi connectivity index (χ2v) is 5.29. The number of halogens is 3. The minimum atomic E-state index is -4.38. The molecule has 2 rings (SSSR count). The van der Waals surface area contributed by atoms with Crippen molar-refractivity contribution < 1.29 is 22.7 Å². The highest BCUT2D eigenvalue weighted by Crippen LogP contribution is 2.22. The largest absolute Gasteiger partial charge is 0.484 e. The number of carbonyl (C=O) groups is 1. The van der Waals surface area contributed by atoms with Crippen LogP contribution in [0.25, 0.3) is 0 Å². The molecule has 0 saturated carbocycles. The van der Waals surface area contributed by atoms with Crippen LogP contribution in [0.2, 0.25) is 0 Å². The Bertz CT molecular complexity index is 500. The summed E-state index contributed by atoms with van der Waals surface area (Å²) < 4.78 is 41.4. The van der Waals surface area contributed by atoms with Crippen molar-refractivity contribution in [3.63, 3.8) is 0 Å². The Morgan fingerprint density at radius 2 is 2.14 bits per heavy atom. The fourth-order valence-electron chi connectivity index (χ4n) is 2.37. The van der Waals surface area contributed by atoms with E-state index in [0.29, 0.717) is 12.0 Å². The quantitative estimate of drug-likeness (QED) is 0.847. The Morgan fingerprint density at radius 3 is 2.82 bits per heavy atom. The lowest BCUT2D eigenvalue weighted by Gasteiger charge is -2.14. The molecule has 0 spiro atoms. The van der Waals surface area contributed by atoms with Crippen LogP contribution in [0, 0.1) is 0 Å². The molecule has 1 aromatic rings. The lowest BCUT2D eigenvalue weighted by atomic mass is 10.1. The molecule has 1 amide bonds. The monoisotopic (exact) mass is 316 g/mol. The van der Waals surface area contributed by atoms with Gasteiger partial charge in [0.1, 0.15) is 5.75 Å². The second kappa shape index (κ2) is 7.49. The Morgan fingerprint density at radius 1 is 1.36 bits per heavy atom. The van der Waals surface area contributed by atoms with E-state index >= 15 is 0 Å². The number of rotatable bonds is 6. The van der Waals surface area contributed by atoms with Gasteiger partial charge in [0.2, 0.25) is 5.91 Å². The average molecular weight is 316 g/mol. The fraction of sp³-hybridized carbons (Fsp3) is 0.533. The SMILES string of the molecule is O=C(CC1CCCN1)NCc1ccccc1OCC(F)(F)F. The maximum atomic E-state index is 12.2. The predicted molar refractivity (Wildman–Crippen MR) is 75.5 cm³/mol. The van der Waals surface area contributed by atoms with Crippen molar-refractivity contribution in [2.45, 2.75) is 38.0 Å². The fourth-order valence-corrected chi connectivity index (χ4v) is 2.37. The third-order valence-corrected chi connectivity index (χ3v) is 3.43. The highest BCUT2D eigenvalue weighted by Gasteiger charge is 2.28. The first-order valence-corrected chi connectivity index (χ1v) is 7.21. The number of para-hydroxylation sites is 1. The van der Waals surface area contributed by atoms with E-state index in [4.69, 9.17) is 4.74 Å². The molecule has 0 aromatic heterocycles. The molecule has 0 bridgehead atoms. The molecular formula is C15H19F3N2O2. The minimum Gasteiger partial charge on any atom is -0.484 e. The zero-order valence-electron chi connectivity index (χ0n) is 12.1. The molecule has 1 unspecified atom stereocenters. The molecule has 7 heteroatoms. The van der Waals surface area contributed by atoms with Crippen LogP contribution in [0.4, 0.5) is 13.2 Å². The summed E-state index contributed by atoms with van der Waals surface area (Å²) >= 11 is 0. The first kappa shape index (κ1) is 16.6. The summed E-state index contributed by atoms with van der Waals surface area (Å²) in [6, 6.07) is 6.59. The molecule has 0 radical (unpaired) electrons. The normalized spacial score (nSPS) is 18.2. The van der Waals surface area contributed by atoms with E-state index in [1.165, 1.54) is 6.07 Å². The van der Waals surface area contributed by atoms with Gasteiger partial charge in [-0.05, 0) is 25.5 Å². The number of hydrogen-bond acceptors (Lipinski definition) is 3. The van der Waals surface area contributed by atoms with E-state index < -0.39 is 12.8 Å². The van der Waals surface area contributed by atoms with Crippen LogP contribution in [0.1, 0.15) is 24.8 Å². The van der Waals surface area contributed by atoms with E-state index in [1.54, 1.807) is 18.2 Å². The number of benzene rings is 1. The molecule has 1 atom stereocenters. The Labute approximate surface area is 127 Å². The van der Waals surface area contributed by atoms with Crippen molar-refractivity contribution in [2.24, 2.45) is 0 Å². The van der Waals surface area contributed by atoms with E-state index in [2.05, 4.69) is 10.6 Å². The Kier molecular flexibility index (Phi) is 5.65. The van der Waals surface area contributed by atoms with Gasteiger partial charge in [0.25, 0.3) is 0 Å². The van der Waals surface area contributed by atoms with Crippen molar-refractivity contribution in [1.82, 2.24) is 10.6 Å².